The first-order valence-corrected chi connectivity index (χ1v) is 8.01. The largest absolute Gasteiger partial charge is 0.377 e. The summed E-state index contributed by atoms with van der Waals surface area (Å²) in [6.07, 6.45) is 1.12. The molecule has 2 aromatic rings. The summed E-state index contributed by atoms with van der Waals surface area (Å²) in [4.78, 5) is 0. The van der Waals surface area contributed by atoms with Crippen molar-refractivity contribution in [1.82, 2.24) is 0 Å². The van der Waals surface area contributed by atoms with Gasteiger partial charge in [-0.15, -0.1) is 0 Å². The quantitative estimate of drug-likeness (QED) is 0.675. The Labute approximate surface area is 137 Å². The van der Waals surface area contributed by atoms with Crippen molar-refractivity contribution < 1.29 is 0 Å². The van der Waals surface area contributed by atoms with Crippen molar-refractivity contribution in [3.05, 3.63) is 63.6 Å². The lowest BCUT2D eigenvalue weighted by atomic mass is 10.00. The Morgan fingerprint density at radius 1 is 0.952 bits per heavy atom. The maximum absolute atomic E-state index is 6.20. The summed E-state index contributed by atoms with van der Waals surface area (Å²) < 4.78 is 0. The Morgan fingerprint density at radius 3 is 2.19 bits per heavy atom. The SMILES string of the molecule is CC(C)Cc1ccc(C(C)Nc2ccc(Cl)cc2Cl)cc1. The van der Waals surface area contributed by atoms with Crippen molar-refractivity contribution in [2.45, 2.75) is 33.2 Å². The Bertz CT molecular complexity index is 591. The van der Waals surface area contributed by atoms with Crippen LogP contribution in [-0.2, 0) is 6.42 Å². The van der Waals surface area contributed by atoms with Gasteiger partial charge in [0.2, 0.25) is 0 Å². The van der Waals surface area contributed by atoms with Crippen LogP contribution in [0, 0.1) is 5.92 Å². The number of anilines is 1. The standard InChI is InChI=1S/C18H21Cl2N/c1-12(2)10-14-4-6-15(7-5-14)13(3)21-18-9-8-16(19)11-17(18)20/h4-9,11-13,21H,10H2,1-3H3. The van der Waals surface area contributed by atoms with E-state index in [1.807, 2.05) is 12.1 Å². The van der Waals surface area contributed by atoms with E-state index in [0.717, 1.165) is 12.1 Å². The van der Waals surface area contributed by atoms with Gasteiger partial charge in [0, 0.05) is 11.1 Å². The highest BCUT2D eigenvalue weighted by molar-refractivity contribution is 6.36. The molecule has 0 saturated heterocycles. The minimum Gasteiger partial charge on any atom is -0.377 e. The summed E-state index contributed by atoms with van der Waals surface area (Å²) in [6, 6.07) is 14.5. The van der Waals surface area contributed by atoms with Crippen molar-refractivity contribution in [3.8, 4) is 0 Å². The van der Waals surface area contributed by atoms with Gasteiger partial charge in [0.15, 0.2) is 0 Å². The molecule has 112 valence electrons. The Hall–Kier alpha value is -1.18. The second kappa shape index (κ2) is 7.20. The first kappa shape index (κ1) is 16.2. The highest BCUT2D eigenvalue weighted by atomic mass is 35.5. The monoisotopic (exact) mass is 321 g/mol. The van der Waals surface area contributed by atoms with E-state index in [9.17, 15) is 0 Å². The van der Waals surface area contributed by atoms with Crippen LogP contribution in [-0.4, -0.2) is 0 Å². The molecule has 0 radical (unpaired) electrons. The first-order valence-electron chi connectivity index (χ1n) is 7.26. The predicted molar refractivity (Wildman–Crippen MR) is 93.5 cm³/mol. The summed E-state index contributed by atoms with van der Waals surface area (Å²) in [7, 11) is 0. The van der Waals surface area contributed by atoms with Gasteiger partial charge in [-0.3, -0.25) is 0 Å². The summed E-state index contributed by atoms with van der Waals surface area (Å²) in [5.74, 6) is 0.680. The summed E-state index contributed by atoms with van der Waals surface area (Å²) in [5, 5.41) is 4.72. The zero-order valence-electron chi connectivity index (χ0n) is 12.7. The molecule has 1 N–H and O–H groups in total. The summed E-state index contributed by atoms with van der Waals surface area (Å²) >= 11 is 12.1. The van der Waals surface area contributed by atoms with Gasteiger partial charge < -0.3 is 5.32 Å². The van der Waals surface area contributed by atoms with E-state index in [-0.39, 0.29) is 6.04 Å². The highest BCUT2D eigenvalue weighted by Crippen LogP contribution is 2.29. The lowest BCUT2D eigenvalue weighted by Gasteiger charge is -2.17. The lowest BCUT2D eigenvalue weighted by molar-refractivity contribution is 0.647. The molecule has 0 aliphatic carbocycles. The fourth-order valence-electron chi connectivity index (χ4n) is 2.34. The molecule has 21 heavy (non-hydrogen) atoms. The van der Waals surface area contributed by atoms with Crippen LogP contribution in [0.4, 0.5) is 5.69 Å². The fourth-order valence-corrected chi connectivity index (χ4v) is 2.80. The van der Waals surface area contributed by atoms with Crippen molar-refractivity contribution in [1.29, 1.82) is 0 Å². The topological polar surface area (TPSA) is 12.0 Å². The average molecular weight is 322 g/mol. The van der Waals surface area contributed by atoms with E-state index in [0.29, 0.717) is 16.0 Å². The molecule has 1 nitrogen and oxygen atoms in total. The smallest absolute Gasteiger partial charge is 0.0652 e. The number of benzene rings is 2. The van der Waals surface area contributed by atoms with Gasteiger partial charge in [-0.05, 0) is 48.6 Å². The second-order valence-corrected chi connectivity index (χ2v) is 6.67. The van der Waals surface area contributed by atoms with E-state index in [4.69, 9.17) is 23.2 Å². The highest BCUT2D eigenvalue weighted by Gasteiger charge is 2.08. The van der Waals surface area contributed by atoms with Gasteiger partial charge in [0.05, 0.1) is 10.7 Å². The molecule has 3 heteroatoms. The molecule has 0 aliphatic heterocycles. The number of hydrogen-bond donors (Lipinski definition) is 1. The molecule has 2 rings (SSSR count). The van der Waals surface area contributed by atoms with Gasteiger partial charge in [-0.1, -0.05) is 61.3 Å². The van der Waals surface area contributed by atoms with E-state index in [2.05, 4.69) is 50.4 Å². The molecule has 0 heterocycles. The molecular formula is C18H21Cl2N. The number of hydrogen-bond acceptors (Lipinski definition) is 1. The minimum atomic E-state index is 0.191. The Morgan fingerprint density at radius 2 is 1.62 bits per heavy atom. The molecule has 0 aromatic heterocycles. The van der Waals surface area contributed by atoms with Crippen molar-refractivity contribution in [3.63, 3.8) is 0 Å². The summed E-state index contributed by atoms with van der Waals surface area (Å²) in [6.45, 7) is 6.60. The van der Waals surface area contributed by atoms with E-state index >= 15 is 0 Å². The van der Waals surface area contributed by atoms with Crippen molar-refractivity contribution >= 4 is 28.9 Å². The molecular weight excluding hydrogens is 301 g/mol. The zero-order valence-corrected chi connectivity index (χ0v) is 14.2. The third-order valence-electron chi connectivity index (χ3n) is 3.43. The van der Waals surface area contributed by atoms with Gasteiger partial charge >= 0.3 is 0 Å². The normalized spacial score (nSPS) is 12.5. The van der Waals surface area contributed by atoms with Crippen LogP contribution in [0.1, 0.15) is 37.9 Å². The maximum atomic E-state index is 6.20. The molecule has 0 amide bonds. The van der Waals surface area contributed by atoms with Gasteiger partial charge in [0.1, 0.15) is 0 Å². The van der Waals surface area contributed by atoms with Gasteiger partial charge in [-0.2, -0.15) is 0 Å². The molecule has 0 bridgehead atoms. The average Bonchev–Trinajstić information content (AvgIpc) is 2.42. The van der Waals surface area contributed by atoms with Gasteiger partial charge in [0.25, 0.3) is 0 Å². The van der Waals surface area contributed by atoms with Crippen molar-refractivity contribution in [2.24, 2.45) is 5.92 Å². The van der Waals surface area contributed by atoms with E-state index in [1.54, 1.807) is 6.07 Å². The minimum absolute atomic E-state index is 0.191. The number of nitrogens with one attached hydrogen (secondary N) is 1. The second-order valence-electron chi connectivity index (χ2n) is 5.83. The molecule has 0 aliphatic rings. The van der Waals surface area contributed by atoms with Crippen LogP contribution in [0.15, 0.2) is 42.5 Å². The van der Waals surface area contributed by atoms with Crippen LogP contribution in [0.25, 0.3) is 0 Å². The molecule has 1 unspecified atom stereocenters. The third-order valence-corrected chi connectivity index (χ3v) is 3.97. The Kier molecular flexibility index (Phi) is 5.55. The van der Waals surface area contributed by atoms with Crippen molar-refractivity contribution in [2.75, 3.05) is 5.32 Å². The van der Waals surface area contributed by atoms with Crippen LogP contribution in [0.2, 0.25) is 10.0 Å². The molecule has 0 saturated carbocycles. The van der Waals surface area contributed by atoms with E-state index in [1.165, 1.54) is 11.1 Å². The number of rotatable bonds is 5. The van der Waals surface area contributed by atoms with E-state index < -0.39 is 0 Å². The predicted octanol–water partition coefficient (Wildman–Crippen LogP) is 6.37. The maximum Gasteiger partial charge on any atom is 0.0652 e. The summed E-state index contributed by atoms with van der Waals surface area (Å²) in [5.41, 5.74) is 3.53. The fraction of sp³-hybridized carbons (Fsp3) is 0.333. The molecule has 1 atom stereocenters. The van der Waals surface area contributed by atoms with Crippen LogP contribution in [0.5, 0.6) is 0 Å². The zero-order chi connectivity index (χ0) is 15.4. The van der Waals surface area contributed by atoms with Crippen LogP contribution >= 0.6 is 23.2 Å². The number of halogens is 2. The van der Waals surface area contributed by atoms with Crippen LogP contribution in [0.3, 0.4) is 0 Å². The van der Waals surface area contributed by atoms with Gasteiger partial charge in [-0.25, -0.2) is 0 Å². The lowest BCUT2D eigenvalue weighted by Crippen LogP contribution is -2.07. The molecule has 0 spiro atoms. The molecule has 2 aromatic carbocycles. The Balaban J connectivity index is 2.07. The third kappa shape index (κ3) is 4.66. The van der Waals surface area contributed by atoms with Crippen LogP contribution < -0.4 is 5.32 Å². The molecule has 0 fully saturated rings. The first-order chi connectivity index (χ1) is 9.95.